The second-order valence-corrected chi connectivity index (χ2v) is 5.99. The molecule has 0 heterocycles. The predicted octanol–water partition coefficient (Wildman–Crippen LogP) is 2.80. The number of amides is 1. The molecule has 2 bridgehead atoms. The molecule has 2 aliphatic carbocycles. The Morgan fingerprint density at radius 3 is 2.81 bits per heavy atom. The lowest BCUT2D eigenvalue weighted by Crippen LogP contribution is -2.36. The number of nitrogens with one attached hydrogen (secondary N) is 1. The van der Waals surface area contributed by atoms with Gasteiger partial charge in [0.1, 0.15) is 0 Å². The van der Waals surface area contributed by atoms with Gasteiger partial charge in [-0.25, -0.2) is 0 Å². The van der Waals surface area contributed by atoms with Crippen molar-refractivity contribution in [1.29, 1.82) is 0 Å². The first-order valence-corrected chi connectivity index (χ1v) is 7.07. The molecule has 92 valence electrons. The molecule has 2 fully saturated rings. The Balaban J connectivity index is 1.72. The van der Waals surface area contributed by atoms with Gasteiger partial charge in [-0.15, -0.1) is 11.6 Å². The quantitative estimate of drug-likeness (QED) is 0.740. The Kier molecular flexibility index (Phi) is 4.12. The summed E-state index contributed by atoms with van der Waals surface area (Å²) < 4.78 is 0. The summed E-state index contributed by atoms with van der Waals surface area (Å²) in [6.45, 7) is 2.93. The number of hydrogen-bond acceptors (Lipinski definition) is 1. The molecule has 0 spiro atoms. The molecule has 0 radical (unpaired) electrons. The number of rotatable bonds is 5. The van der Waals surface area contributed by atoms with Crippen LogP contribution in [0.3, 0.4) is 0 Å². The Morgan fingerprint density at radius 2 is 2.25 bits per heavy atom. The van der Waals surface area contributed by atoms with Crippen LogP contribution in [-0.2, 0) is 4.79 Å². The normalized spacial score (nSPS) is 34.0. The van der Waals surface area contributed by atoms with Crippen molar-refractivity contribution in [2.45, 2.75) is 39.0 Å². The zero-order chi connectivity index (χ0) is 11.5. The van der Waals surface area contributed by atoms with E-state index >= 15 is 0 Å². The van der Waals surface area contributed by atoms with Crippen LogP contribution < -0.4 is 5.32 Å². The second-order valence-electron chi connectivity index (χ2n) is 5.61. The van der Waals surface area contributed by atoms with E-state index in [1.165, 1.54) is 19.3 Å². The van der Waals surface area contributed by atoms with Gasteiger partial charge in [-0.05, 0) is 43.4 Å². The van der Waals surface area contributed by atoms with Gasteiger partial charge in [-0.1, -0.05) is 13.3 Å². The number of alkyl halides is 1. The lowest BCUT2D eigenvalue weighted by molar-refractivity contribution is -0.126. The third-order valence-electron chi connectivity index (χ3n) is 4.30. The lowest BCUT2D eigenvalue weighted by Gasteiger charge is -2.21. The van der Waals surface area contributed by atoms with Crippen molar-refractivity contribution >= 4 is 17.5 Å². The van der Waals surface area contributed by atoms with Crippen LogP contribution in [0.2, 0.25) is 0 Å². The lowest BCUT2D eigenvalue weighted by atomic mass is 9.88. The van der Waals surface area contributed by atoms with E-state index in [0.29, 0.717) is 29.5 Å². The Labute approximate surface area is 103 Å². The minimum absolute atomic E-state index is 0.300. The van der Waals surface area contributed by atoms with E-state index in [1.807, 2.05) is 0 Å². The molecule has 16 heavy (non-hydrogen) atoms. The summed E-state index contributed by atoms with van der Waals surface area (Å²) in [5, 5.41) is 3.10. The van der Waals surface area contributed by atoms with Crippen molar-refractivity contribution in [3.63, 3.8) is 0 Å². The van der Waals surface area contributed by atoms with Crippen molar-refractivity contribution in [2.24, 2.45) is 23.7 Å². The van der Waals surface area contributed by atoms with Crippen LogP contribution in [0, 0.1) is 23.7 Å². The largest absolute Gasteiger partial charge is 0.356 e. The minimum atomic E-state index is 0.300. The zero-order valence-corrected chi connectivity index (χ0v) is 10.8. The fraction of sp³-hybridized carbons (Fsp3) is 0.923. The van der Waals surface area contributed by atoms with Crippen LogP contribution in [0.4, 0.5) is 0 Å². The summed E-state index contributed by atoms with van der Waals surface area (Å²) in [4.78, 5) is 12.0. The van der Waals surface area contributed by atoms with Gasteiger partial charge < -0.3 is 5.32 Å². The van der Waals surface area contributed by atoms with Crippen LogP contribution >= 0.6 is 11.6 Å². The van der Waals surface area contributed by atoms with Gasteiger partial charge >= 0.3 is 0 Å². The molecule has 0 aromatic heterocycles. The van der Waals surface area contributed by atoms with Crippen molar-refractivity contribution in [2.75, 3.05) is 12.4 Å². The SMILES string of the molecule is CC(CCCl)CNC(=O)C1CC2CCC1C2. The van der Waals surface area contributed by atoms with Gasteiger partial charge in [0.05, 0.1) is 0 Å². The molecule has 0 aromatic rings. The molecule has 1 amide bonds. The smallest absolute Gasteiger partial charge is 0.223 e. The third kappa shape index (κ3) is 2.71. The van der Waals surface area contributed by atoms with Crippen LogP contribution in [0.5, 0.6) is 0 Å². The molecule has 0 saturated heterocycles. The molecular formula is C13H22ClNO. The molecule has 4 unspecified atom stereocenters. The van der Waals surface area contributed by atoms with Gasteiger partial charge in [-0.2, -0.15) is 0 Å². The van der Waals surface area contributed by atoms with Crippen molar-refractivity contribution in [3.8, 4) is 0 Å². The molecule has 2 saturated carbocycles. The number of hydrogen-bond donors (Lipinski definition) is 1. The number of carbonyl (C=O) groups excluding carboxylic acids is 1. The van der Waals surface area contributed by atoms with E-state index in [2.05, 4.69) is 12.2 Å². The Morgan fingerprint density at radius 1 is 1.44 bits per heavy atom. The number of halogens is 1. The highest BCUT2D eigenvalue weighted by molar-refractivity contribution is 6.17. The molecule has 2 nitrogen and oxygen atoms in total. The summed E-state index contributed by atoms with van der Waals surface area (Å²) in [5.41, 5.74) is 0. The summed E-state index contributed by atoms with van der Waals surface area (Å²) in [5.74, 6) is 3.34. The van der Waals surface area contributed by atoms with E-state index in [0.717, 1.165) is 25.3 Å². The molecule has 4 atom stereocenters. The highest BCUT2D eigenvalue weighted by Crippen LogP contribution is 2.48. The molecule has 0 aliphatic heterocycles. The molecule has 0 aromatic carbocycles. The van der Waals surface area contributed by atoms with Crippen LogP contribution in [0.1, 0.15) is 39.0 Å². The fourth-order valence-electron chi connectivity index (χ4n) is 3.26. The monoisotopic (exact) mass is 243 g/mol. The van der Waals surface area contributed by atoms with E-state index in [-0.39, 0.29) is 0 Å². The average molecular weight is 244 g/mol. The molecule has 3 heteroatoms. The van der Waals surface area contributed by atoms with Crippen LogP contribution in [0.15, 0.2) is 0 Å². The summed E-state index contributed by atoms with van der Waals surface area (Å²) in [6.07, 6.45) is 6.06. The Hall–Kier alpha value is -0.240. The first-order chi connectivity index (χ1) is 7.70. The summed E-state index contributed by atoms with van der Waals surface area (Å²) in [6, 6.07) is 0. The average Bonchev–Trinajstić information content (AvgIpc) is 2.88. The molecular weight excluding hydrogens is 222 g/mol. The van der Waals surface area contributed by atoms with E-state index < -0.39 is 0 Å². The fourth-order valence-corrected chi connectivity index (χ4v) is 3.63. The molecule has 2 aliphatic rings. The van der Waals surface area contributed by atoms with E-state index in [4.69, 9.17) is 11.6 Å². The van der Waals surface area contributed by atoms with Crippen LogP contribution in [-0.4, -0.2) is 18.3 Å². The van der Waals surface area contributed by atoms with Crippen LogP contribution in [0.25, 0.3) is 0 Å². The molecule has 1 N–H and O–H groups in total. The van der Waals surface area contributed by atoms with Crippen molar-refractivity contribution in [3.05, 3.63) is 0 Å². The van der Waals surface area contributed by atoms with Gasteiger partial charge in [0, 0.05) is 18.3 Å². The third-order valence-corrected chi connectivity index (χ3v) is 4.52. The van der Waals surface area contributed by atoms with Gasteiger partial charge in [0.2, 0.25) is 5.91 Å². The van der Waals surface area contributed by atoms with E-state index in [9.17, 15) is 4.79 Å². The predicted molar refractivity (Wildman–Crippen MR) is 66.4 cm³/mol. The number of carbonyl (C=O) groups is 1. The first kappa shape index (κ1) is 12.2. The second kappa shape index (κ2) is 5.39. The van der Waals surface area contributed by atoms with E-state index in [1.54, 1.807) is 0 Å². The maximum absolute atomic E-state index is 12.0. The zero-order valence-electron chi connectivity index (χ0n) is 10.0. The van der Waals surface area contributed by atoms with Crippen molar-refractivity contribution in [1.82, 2.24) is 5.32 Å². The first-order valence-electron chi connectivity index (χ1n) is 6.54. The van der Waals surface area contributed by atoms with Gasteiger partial charge in [0.25, 0.3) is 0 Å². The molecule has 2 rings (SSSR count). The summed E-state index contributed by atoms with van der Waals surface area (Å²) in [7, 11) is 0. The highest BCUT2D eigenvalue weighted by atomic mass is 35.5. The number of fused-ring (bicyclic) bond motifs is 2. The van der Waals surface area contributed by atoms with Gasteiger partial charge in [-0.3, -0.25) is 4.79 Å². The minimum Gasteiger partial charge on any atom is -0.356 e. The maximum atomic E-state index is 12.0. The highest BCUT2D eigenvalue weighted by Gasteiger charge is 2.42. The maximum Gasteiger partial charge on any atom is 0.223 e. The topological polar surface area (TPSA) is 29.1 Å². The Bertz CT molecular complexity index is 256. The van der Waals surface area contributed by atoms with Gasteiger partial charge in [0.15, 0.2) is 0 Å². The van der Waals surface area contributed by atoms with Crippen molar-refractivity contribution < 1.29 is 4.79 Å². The standard InChI is InChI=1S/C13H22ClNO/c1-9(4-5-14)8-15-13(16)12-7-10-2-3-11(12)6-10/h9-12H,2-8H2,1H3,(H,15,16). The summed E-state index contributed by atoms with van der Waals surface area (Å²) >= 11 is 5.68.